The number of halogens is 1. The van der Waals surface area contributed by atoms with Crippen LogP contribution in [0, 0.1) is 12.7 Å². The number of hydrogen-bond donors (Lipinski definition) is 3. The predicted molar refractivity (Wildman–Crippen MR) is 73.4 cm³/mol. The number of nitrogen functional groups attached to an aromatic ring is 1. The molecule has 0 aliphatic heterocycles. The van der Waals surface area contributed by atoms with E-state index in [9.17, 15) is 9.18 Å². The number of carbonyl (C=O) groups excluding carboxylic acids is 1. The molecule has 5 N–H and O–H groups in total. The van der Waals surface area contributed by atoms with Gasteiger partial charge in [-0.05, 0) is 19.1 Å². The molecule has 0 spiro atoms. The molecule has 20 heavy (non-hydrogen) atoms. The zero-order valence-corrected chi connectivity index (χ0v) is 10.9. The zero-order chi connectivity index (χ0) is 14.7. The van der Waals surface area contributed by atoms with Crippen molar-refractivity contribution in [1.29, 1.82) is 0 Å². The van der Waals surface area contributed by atoms with E-state index in [4.69, 9.17) is 11.5 Å². The molecule has 0 bridgehead atoms. The molecule has 2 rings (SSSR count). The lowest BCUT2D eigenvalue weighted by molar-refractivity contribution is 0.100. The van der Waals surface area contributed by atoms with Crippen molar-refractivity contribution in [2.45, 2.75) is 13.5 Å². The highest BCUT2D eigenvalue weighted by Crippen LogP contribution is 2.22. The Kier molecular flexibility index (Phi) is 3.79. The molecule has 0 fully saturated rings. The van der Waals surface area contributed by atoms with Crippen LogP contribution in [0.15, 0.2) is 24.5 Å². The largest absolute Gasteiger partial charge is 0.398 e. The first-order chi connectivity index (χ1) is 9.47. The van der Waals surface area contributed by atoms with Crippen molar-refractivity contribution in [1.82, 2.24) is 9.97 Å². The molecule has 0 saturated heterocycles. The first-order valence-electron chi connectivity index (χ1n) is 5.87. The van der Waals surface area contributed by atoms with E-state index < -0.39 is 11.7 Å². The number of benzene rings is 1. The number of carbonyl (C=O) groups is 1. The maximum Gasteiger partial charge on any atom is 0.250 e. The van der Waals surface area contributed by atoms with E-state index >= 15 is 0 Å². The highest BCUT2D eigenvalue weighted by atomic mass is 19.1. The van der Waals surface area contributed by atoms with Crippen LogP contribution in [-0.2, 0) is 6.54 Å². The minimum atomic E-state index is -0.708. The molecule has 0 atom stereocenters. The van der Waals surface area contributed by atoms with Crippen LogP contribution >= 0.6 is 0 Å². The lowest BCUT2D eigenvalue weighted by atomic mass is 10.1. The van der Waals surface area contributed by atoms with Gasteiger partial charge in [0.15, 0.2) is 0 Å². The van der Waals surface area contributed by atoms with E-state index in [1.165, 1.54) is 6.07 Å². The number of nitrogens with zero attached hydrogens (tertiary/aromatic N) is 2. The Morgan fingerprint density at radius 2 is 2.10 bits per heavy atom. The molecule has 104 valence electrons. The summed E-state index contributed by atoms with van der Waals surface area (Å²) in [4.78, 5) is 19.4. The second-order valence-corrected chi connectivity index (χ2v) is 4.29. The van der Waals surface area contributed by atoms with Gasteiger partial charge in [-0.1, -0.05) is 0 Å². The number of nitrogens with two attached hydrogens (primary N) is 2. The summed E-state index contributed by atoms with van der Waals surface area (Å²) in [6.45, 7) is 2.09. The van der Waals surface area contributed by atoms with Gasteiger partial charge in [-0.25, -0.2) is 4.39 Å². The number of rotatable bonds is 4. The lowest BCUT2D eigenvalue weighted by Crippen LogP contribution is -2.15. The van der Waals surface area contributed by atoms with Gasteiger partial charge in [0, 0.05) is 11.9 Å². The highest BCUT2D eigenvalue weighted by Gasteiger charge is 2.11. The van der Waals surface area contributed by atoms with Crippen molar-refractivity contribution < 1.29 is 9.18 Å². The summed E-state index contributed by atoms with van der Waals surface area (Å²) >= 11 is 0. The Balaban J connectivity index is 2.18. The van der Waals surface area contributed by atoms with Gasteiger partial charge in [0.05, 0.1) is 35.4 Å². The van der Waals surface area contributed by atoms with E-state index in [-0.39, 0.29) is 23.5 Å². The Hall–Kier alpha value is -2.70. The fraction of sp³-hybridized carbons (Fsp3) is 0.154. The molecular formula is C13H14FN5O. The maximum absolute atomic E-state index is 13.7. The third-order valence-corrected chi connectivity index (χ3v) is 2.70. The normalized spacial score (nSPS) is 10.3. The highest BCUT2D eigenvalue weighted by molar-refractivity contribution is 5.99. The Labute approximate surface area is 115 Å². The summed E-state index contributed by atoms with van der Waals surface area (Å²) in [5.41, 5.74) is 12.3. The molecule has 1 heterocycles. The van der Waals surface area contributed by atoms with Crippen LogP contribution < -0.4 is 16.8 Å². The molecule has 6 nitrogen and oxygen atoms in total. The molecule has 2 aromatic rings. The number of hydrogen-bond acceptors (Lipinski definition) is 5. The number of aryl methyl sites for hydroxylation is 1. The number of primary amides is 1. The van der Waals surface area contributed by atoms with Crippen molar-refractivity contribution in [3.63, 3.8) is 0 Å². The zero-order valence-electron chi connectivity index (χ0n) is 10.9. The van der Waals surface area contributed by atoms with Crippen LogP contribution in [-0.4, -0.2) is 15.9 Å². The van der Waals surface area contributed by atoms with Crippen molar-refractivity contribution >= 4 is 17.3 Å². The topological polar surface area (TPSA) is 107 Å². The van der Waals surface area contributed by atoms with Gasteiger partial charge in [-0.3, -0.25) is 14.8 Å². The van der Waals surface area contributed by atoms with Gasteiger partial charge in [-0.2, -0.15) is 0 Å². The lowest BCUT2D eigenvalue weighted by Gasteiger charge is -2.10. The Morgan fingerprint density at radius 3 is 2.70 bits per heavy atom. The second-order valence-electron chi connectivity index (χ2n) is 4.29. The number of anilines is 2. The van der Waals surface area contributed by atoms with Crippen LogP contribution in [0.4, 0.5) is 15.8 Å². The number of nitrogens with one attached hydrogen (secondary N) is 1. The third kappa shape index (κ3) is 3.00. The van der Waals surface area contributed by atoms with Crippen LogP contribution in [0.3, 0.4) is 0 Å². The summed E-state index contributed by atoms with van der Waals surface area (Å²) in [5, 5.41) is 2.83. The first-order valence-corrected chi connectivity index (χ1v) is 5.87. The first kappa shape index (κ1) is 13.7. The average Bonchev–Trinajstić information content (AvgIpc) is 2.39. The predicted octanol–water partition coefficient (Wildman–Crippen LogP) is 1.22. The molecule has 1 aromatic carbocycles. The van der Waals surface area contributed by atoms with Crippen molar-refractivity contribution in [2.24, 2.45) is 5.73 Å². The quantitative estimate of drug-likeness (QED) is 0.727. The number of aromatic nitrogens is 2. The van der Waals surface area contributed by atoms with Gasteiger partial charge in [0.1, 0.15) is 5.82 Å². The summed E-state index contributed by atoms with van der Waals surface area (Å²) in [5.74, 6) is -1.27. The van der Waals surface area contributed by atoms with Crippen molar-refractivity contribution in [2.75, 3.05) is 11.1 Å². The molecule has 0 saturated carbocycles. The van der Waals surface area contributed by atoms with Crippen LogP contribution in [0.25, 0.3) is 0 Å². The van der Waals surface area contributed by atoms with Gasteiger partial charge in [0.25, 0.3) is 5.91 Å². The SMILES string of the molecule is Cc1cnc(CNc2cc(C(N)=O)c(N)cc2F)cn1. The second kappa shape index (κ2) is 5.52. The van der Waals surface area contributed by atoms with E-state index in [1.54, 1.807) is 12.4 Å². The molecule has 7 heteroatoms. The fourth-order valence-electron chi connectivity index (χ4n) is 1.63. The monoisotopic (exact) mass is 275 g/mol. The van der Waals surface area contributed by atoms with Crippen LogP contribution in [0.1, 0.15) is 21.7 Å². The van der Waals surface area contributed by atoms with E-state index in [0.717, 1.165) is 11.8 Å². The Morgan fingerprint density at radius 1 is 1.35 bits per heavy atom. The average molecular weight is 275 g/mol. The number of amides is 1. The Bertz CT molecular complexity index is 642. The van der Waals surface area contributed by atoms with E-state index in [0.29, 0.717) is 5.69 Å². The van der Waals surface area contributed by atoms with E-state index in [2.05, 4.69) is 15.3 Å². The molecule has 1 aromatic heterocycles. The molecular weight excluding hydrogens is 261 g/mol. The van der Waals surface area contributed by atoms with Crippen molar-refractivity contribution in [3.05, 3.63) is 47.3 Å². The smallest absolute Gasteiger partial charge is 0.250 e. The summed E-state index contributed by atoms with van der Waals surface area (Å²) < 4.78 is 13.7. The molecule has 0 aliphatic rings. The summed E-state index contributed by atoms with van der Waals surface area (Å²) in [6, 6.07) is 2.35. The standard InChI is InChI=1S/C13H14FN5O/c1-7-4-18-8(5-17-7)6-19-12-2-9(13(16)20)11(15)3-10(12)14/h2-5,19H,6,15H2,1H3,(H2,16,20). The minimum Gasteiger partial charge on any atom is -0.398 e. The summed E-state index contributed by atoms with van der Waals surface area (Å²) in [6.07, 6.45) is 3.21. The maximum atomic E-state index is 13.7. The van der Waals surface area contributed by atoms with E-state index in [1.807, 2.05) is 6.92 Å². The van der Waals surface area contributed by atoms with Crippen LogP contribution in [0.5, 0.6) is 0 Å². The van der Waals surface area contributed by atoms with Gasteiger partial charge < -0.3 is 16.8 Å². The molecule has 0 aliphatic carbocycles. The van der Waals surface area contributed by atoms with Crippen LogP contribution in [0.2, 0.25) is 0 Å². The third-order valence-electron chi connectivity index (χ3n) is 2.70. The van der Waals surface area contributed by atoms with Gasteiger partial charge in [-0.15, -0.1) is 0 Å². The minimum absolute atomic E-state index is 0.00989. The van der Waals surface area contributed by atoms with Gasteiger partial charge in [0.2, 0.25) is 0 Å². The molecule has 1 amide bonds. The van der Waals surface area contributed by atoms with Gasteiger partial charge >= 0.3 is 0 Å². The fourth-order valence-corrected chi connectivity index (χ4v) is 1.63. The molecule has 0 unspecified atom stereocenters. The van der Waals surface area contributed by atoms with Crippen molar-refractivity contribution in [3.8, 4) is 0 Å². The molecule has 0 radical (unpaired) electrons. The summed E-state index contributed by atoms with van der Waals surface area (Å²) in [7, 11) is 0.